The van der Waals surface area contributed by atoms with E-state index in [9.17, 15) is 9.59 Å². The molecule has 5 nitrogen and oxygen atoms in total. The molecule has 1 aliphatic heterocycles. The molecule has 2 aromatic rings. The van der Waals surface area contributed by atoms with Gasteiger partial charge in [-0.05, 0) is 12.1 Å². The van der Waals surface area contributed by atoms with E-state index in [4.69, 9.17) is 5.11 Å². The highest BCUT2D eigenvalue weighted by Crippen LogP contribution is 2.28. The molecule has 1 N–H and O–H groups in total. The molecule has 86 valence electrons. The first-order chi connectivity index (χ1) is 8.18. The van der Waals surface area contributed by atoms with Gasteiger partial charge in [0, 0.05) is 13.0 Å². The van der Waals surface area contributed by atoms with Crippen LogP contribution in [0.2, 0.25) is 0 Å². The maximum absolute atomic E-state index is 11.6. The van der Waals surface area contributed by atoms with E-state index in [0.29, 0.717) is 12.4 Å². The Morgan fingerprint density at radius 1 is 1.41 bits per heavy atom. The quantitative estimate of drug-likeness (QED) is 0.746. The summed E-state index contributed by atoms with van der Waals surface area (Å²) >= 11 is 0. The summed E-state index contributed by atoms with van der Waals surface area (Å²) in [4.78, 5) is 27.0. The molecule has 0 aliphatic carbocycles. The lowest BCUT2D eigenvalue weighted by molar-refractivity contribution is -0.143. The van der Waals surface area contributed by atoms with Crippen LogP contribution in [0.5, 0.6) is 0 Å². The van der Waals surface area contributed by atoms with Gasteiger partial charge in [0.2, 0.25) is 0 Å². The third kappa shape index (κ3) is 1.35. The maximum atomic E-state index is 11.6. The zero-order chi connectivity index (χ0) is 12.0. The highest BCUT2D eigenvalue weighted by atomic mass is 16.4. The third-order valence-corrected chi connectivity index (χ3v) is 3.09. The maximum Gasteiger partial charge on any atom is 0.321 e. The van der Waals surface area contributed by atoms with Gasteiger partial charge in [0.05, 0.1) is 11.0 Å². The highest BCUT2D eigenvalue weighted by molar-refractivity contribution is 6.04. The van der Waals surface area contributed by atoms with Gasteiger partial charge in [0.25, 0.3) is 0 Å². The molecule has 5 heteroatoms. The summed E-state index contributed by atoms with van der Waals surface area (Å²) in [6.45, 7) is 0.512. The Kier molecular flexibility index (Phi) is 2.01. The van der Waals surface area contributed by atoms with Crippen LogP contribution in [-0.4, -0.2) is 26.4 Å². The lowest BCUT2D eigenvalue weighted by atomic mass is 9.97. The number of carbonyl (C=O) groups is 2. The average Bonchev–Trinajstić information content (AvgIpc) is 2.66. The van der Waals surface area contributed by atoms with Gasteiger partial charge in [-0.25, -0.2) is 4.98 Å². The molecule has 0 bridgehead atoms. The number of hydrogen-bond acceptors (Lipinski definition) is 3. The molecule has 0 radical (unpaired) electrons. The van der Waals surface area contributed by atoms with Crippen molar-refractivity contribution in [2.75, 3.05) is 0 Å². The number of imidazole rings is 1. The number of benzene rings is 1. The monoisotopic (exact) mass is 230 g/mol. The van der Waals surface area contributed by atoms with Gasteiger partial charge in [-0.15, -0.1) is 0 Å². The standard InChI is InChI=1S/C12H10N2O3/c15-9-5-6-14-8-4-2-1-3-7(8)13-11(14)10(9)12(16)17/h1-4,10H,5-6H2,(H,16,17). The van der Waals surface area contributed by atoms with E-state index in [2.05, 4.69) is 4.98 Å². The number of aryl methyl sites for hydroxylation is 1. The topological polar surface area (TPSA) is 72.2 Å². The van der Waals surface area contributed by atoms with E-state index in [1.807, 2.05) is 28.8 Å². The Morgan fingerprint density at radius 3 is 2.94 bits per heavy atom. The smallest absolute Gasteiger partial charge is 0.321 e. The molecule has 0 amide bonds. The molecule has 1 aromatic carbocycles. The molecule has 2 heterocycles. The van der Waals surface area contributed by atoms with Gasteiger partial charge < -0.3 is 9.67 Å². The number of para-hydroxylation sites is 2. The fraction of sp³-hybridized carbons (Fsp3) is 0.250. The van der Waals surface area contributed by atoms with Crippen LogP contribution in [0.4, 0.5) is 0 Å². The number of nitrogens with zero attached hydrogens (tertiary/aromatic N) is 2. The van der Waals surface area contributed by atoms with E-state index in [0.717, 1.165) is 11.0 Å². The van der Waals surface area contributed by atoms with Gasteiger partial charge in [-0.3, -0.25) is 9.59 Å². The minimum Gasteiger partial charge on any atom is -0.480 e. The summed E-state index contributed by atoms with van der Waals surface area (Å²) in [7, 11) is 0. The molecule has 3 rings (SSSR count). The first-order valence-corrected chi connectivity index (χ1v) is 5.39. The number of carbonyl (C=O) groups excluding carboxylic acids is 1. The second kappa shape index (κ2) is 3.41. The van der Waals surface area contributed by atoms with E-state index >= 15 is 0 Å². The molecule has 1 atom stereocenters. The summed E-state index contributed by atoms with van der Waals surface area (Å²) in [6.07, 6.45) is 0.254. The van der Waals surface area contributed by atoms with Crippen molar-refractivity contribution < 1.29 is 14.7 Å². The van der Waals surface area contributed by atoms with E-state index in [-0.39, 0.29) is 12.2 Å². The van der Waals surface area contributed by atoms with Gasteiger partial charge >= 0.3 is 5.97 Å². The first kappa shape index (κ1) is 10.0. The predicted octanol–water partition coefficient (Wildman–Crippen LogP) is 1.18. The number of aromatic nitrogens is 2. The Bertz CT molecular complexity index is 630. The van der Waals surface area contributed by atoms with Crippen molar-refractivity contribution in [2.24, 2.45) is 0 Å². The number of ketones is 1. The predicted molar refractivity (Wildman–Crippen MR) is 59.7 cm³/mol. The summed E-state index contributed by atoms with van der Waals surface area (Å²) in [5, 5.41) is 9.11. The Hall–Kier alpha value is -2.17. The van der Waals surface area contributed by atoms with Crippen molar-refractivity contribution in [3.8, 4) is 0 Å². The summed E-state index contributed by atoms with van der Waals surface area (Å²) in [6, 6.07) is 7.44. The summed E-state index contributed by atoms with van der Waals surface area (Å²) in [5.41, 5.74) is 1.63. The molecule has 0 saturated carbocycles. The number of Topliss-reactive ketones (excluding diaryl/α,β-unsaturated/α-hetero) is 1. The SMILES string of the molecule is O=C(O)C1C(=O)CCn2c1nc1ccccc12. The summed E-state index contributed by atoms with van der Waals surface area (Å²) < 4.78 is 1.83. The molecule has 0 fully saturated rings. The van der Waals surface area contributed by atoms with Crippen LogP contribution in [0.1, 0.15) is 18.2 Å². The van der Waals surface area contributed by atoms with Gasteiger partial charge in [0.15, 0.2) is 11.7 Å². The Labute approximate surface area is 96.7 Å². The van der Waals surface area contributed by atoms with Crippen LogP contribution in [0.25, 0.3) is 11.0 Å². The number of carboxylic acid groups (broad SMARTS) is 1. The fourth-order valence-corrected chi connectivity index (χ4v) is 2.31. The van der Waals surface area contributed by atoms with E-state index < -0.39 is 11.9 Å². The molecule has 1 aromatic heterocycles. The molecule has 0 saturated heterocycles. The minimum atomic E-state index is -1.12. The molecule has 1 aliphatic rings. The second-order valence-electron chi connectivity index (χ2n) is 4.10. The van der Waals surface area contributed by atoms with Crippen LogP contribution in [0.15, 0.2) is 24.3 Å². The van der Waals surface area contributed by atoms with E-state index in [1.54, 1.807) is 0 Å². The minimum absolute atomic E-state index is 0.254. The van der Waals surface area contributed by atoms with Crippen LogP contribution in [0, 0.1) is 0 Å². The molecule has 17 heavy (non-hydrogen) atoms. The van der Waals surface area contributed by atoms with Gasteiger partial charge in [0.1, 0.15) is 5.82 Å². The molecule has 0 spiro atoms. The first-order valence-electron chi connectivity index (χ1n) is 5.39. The average molecular weight is 230 g/mol. The molecular formula is C12H10N2O3. The lowest BCUT2D eigenvalue weighted by Gasteiger charge is -2.19. The number of aliphatic carboxylic acids is 1. The number of carboxylic acids is 1. The van der Waals surface area contributed by atoms with Crippen LogP contribution in [-0.2, 0) is 16.1 Å². The van der Waals surface area contributed by atoms with Crippen molar-refractivity contribution in [3.05, 3.63) is 30.1 Å². The van der Waals surface area contributed by atoms with Gasteiger partial charge in [-0.2, -0.15) is 0 Å². The number of fused-ring (bicyclic) bond motifs is 3. The Morgan fingerprint density at radius 2 is 2.18 bits per heavy atom. The van der Waals surface area contributed by atoms with Crippen molar-refractivity contribution >= 4 is 22.8 Å². The van der Waals surface area contributed by atoms with Crippen molar-refractivity contribution in [1.82, 2.24) is 9.55 Å². The molecular weight excluding hydrogens is 220 g/mol. The lowest BCUT2D eigenvalue weighted by Crippen LogP contribution is -2.30. The number of hydrogen-bond donors (Lipinski definition) is 1. The number of rotatable bonds is 1. The zero-order valence-corrected chi connectivity index (χ0v) is 8.96. The van der Waals surface area contributed by atoms with Crippen LogP contribution in [0.3, 0.4) is 0 Å². The highest BCUT2D eigenvalue weighted by Gasteiger charge is 2.36. The summed E-state index contributed by atoms with van der Waals surface area (Å²) in [5.74, 6) is -2.14. The largest absolute Gasteiger partial charge is 0.480 e. The van der Waals surface area contributed by atoms with Crippen LogP contribution >= 0.6 is 0 Å². The Balaban J connectivity index is 2.28. The molecule has 1 unspecified atom stereocenters. The zero-order valence-electron chi connectivity index (χ0n) is 8.96. The van der Waals surface area contributed by atoms with Crippen molar-refractivity contribution in [2.45, 2.75) is 18.9 Å². The third-order valence-electron chi connectivity index (χ3n) is 3.09. The van der Waals surface area contributed by atoms with Crippen molar-refractivity contribution in [1.29, 1.82) is 0 Å². The van der Waals surface area contributed by atoms with Gasteiger partial charge in [-0.1, -0.05) is 12.1 Å². The van der Waals surface area contributed by atoms with Crippen molar-refractivity contribution in [3.63, 3.8) is 0 Å². The van der Waals surface area contributed by atoms with Crippen LogP contribution < -0.4 is 0 Å². The fourth-order valence-electron chi connectivity index (χ4n) is 2.31. The van der Waals surface area contributed by atoms with E-state index in [1.165, 1.54) is 0 Å². The second-order valence-corrected chi connectivity index (χ2v) is 4.10. The normalized spacial score (nSPS) is 19.3.